The SMILES string of the molecule is CC1(C)CCOc2c(C(=O)NC3CN4C(N)=N[C@@H](CNC(=O)NC5CC5)C5N=C(N)N[C@]54C3(O)O)cccc21. The van der Waals surface area contributed by atoms with Crippen LogP contribution in [0.2, 0.25) is 0 Å². The predicted octanol–water partition coefficient (Wildman–Crippen LogP) is -2.02. The van der Waals surface area contributed by atoms with Crippen molar-refractivity contribution < 1.29 is 24.5 Å². The van der Waals surface area contributed by atoms with Gasteiger partial charge in [-0.05, 0) is 30.7 Å². The van der Waals surface area contributed by atoms with E-state index in [1.165, 1.54) is 4.90 Å². The number of hydrogen-bond acceptors (Lipinski definition) is 11. The van der Waals surface area contributed by atoms with Gasteiger partial charge in [-0.1, -0.05) is 26.0 Å². The van der Waals surface area contributed by atoms with E-state index in [0.29, 0.717) is 17.9 Å². The molecule has 1 saturated carbocycles. The molecule has 14 nitrogen and oxygen atoms in total. The number of para-hydroxylation sites is 1. The number of rotatable bonds is 5. The number of hydrogen-bond donors (Lipinski definition) is 8. The minimum atomic E-state index is -2.58. The molecule has 0 aromatic heterocycles. The Kier molecular flexibility index (Phi) is 5.63. The van der Waals surface area contributed by atoms with Gasteiger partial charge in [-0.25, -0.2) is 14.8 Å². The van der Waals surface area contributed by atoms with E-state index in [-0.39, 0.29) is 42.5 Å². The number of aliphatic imine (C=N–C) groups is 2. The Morgan fingerprint density at radius 2 is 1.97 bits per heavy atom. The van der Waals surface area contributed by atoms with Gasteiger partial charge in [-0.2, -0.15) is 0 Å². The summed E-state index contributed by atoms with van der Waals surface area (Å²) in [5, 5.41) is 34.6. The lowest BCUT2D eigenvalue weighted by Crippen LogP contribution is -2.78. The minimum absolute atomic E-state index is 0.00412. The average Bonchev–Trinajstić information content (AvgIpc) is 3.56. The molecule has 210 valence electrons. The van der Waals surface area contributed by atoms with Crippen LogP contribution in [0.15, 0.2) is 28.2 Å². The molecule has 2 fully saturated rings. The Hall–Kier alpha value is -3.78. The number of carbonyl (C=O) groups is 2. The Morgan fingerprint density at radius 1 is 1.21 bits per heavy atom. The van der Waals surface area contributed by atoms with Crippen LogP contribution in [0.5, 0.6) is 5.75 Å². The van der Waals surface area contributed by atoms with E-state index < -0.39 is 35.5 Å². The van der Waals surface area contributed by atoms with Crippen molar-refractivity contribution in [2.45, 2.75) is 74.1 Å². The maximum atomic E-state index is 13.5. The smallest absolute Gasteiger partial charge is 0.315 e. The molecule has 4 aliphatic heterocycles. The predicted molar refractivity (Wildman–Crippen MR) is 141 cm³/mol. The van der Waals surface area contributed by atoms with E-state index in [4.69, 9.17) is 16.2 Å². The van der Waals surface area contributed by atoms with Gasteiger partial charge in [0.15, 0.2) is 17.6 Å². The second-order valence-corrected chi connectivity index (χ2v) is 11.6. The van der Waals surface area contributed by atoms with E-state index in [9.17, 15) is 19.8 Å². The highest BCUT2D eigenvalue weighted by atomic mass is 16.5. The highest BCUT2D eigenvalue weighted by Gasteiger charge is 2.73. The van der Waals surface area contributed by atoms with Crippen molar-refractivity contribution in [2.75, 3.05) is 19.7 Å². The third-order valence-electron chi connectivity index (χ3n) is 8.45. The molecule has 3 amide bonds. The van der Waals surface area contributed by atoms with Crippen molar-refractivity contribution in [1.82, 2.24) is 26.2 Å². The number of guanidine groups is 2. The Balaban J connectivity index is 1.26. The molecular weight excluding hydrogens is 506 g/mol. The van der Waals surface area contributed by atoms with E-state index in [0.717, 1.165) is 24.8 Å². The number of amides is 3. The van der Waals surface area contributed by atoms with Gasteiger partial charge in [0.25, 0.3) is 5.91 Å². The number of nitrogens with zero attached hydrogens (tertiary/aromatic N) is 3. The topological polar surface area (TPSA) is 212 Å². The first-order valence-corrected chi connectivity index (χ1v) is 13.2. The summed E-state index contributed by atoms with van der Waals surface area (Å²) in [6, 6.07) is 2.32. The highest BCUT2D eigenvalue weighted by molar-refractivity contribution is 5.98. The number of nitrogens with two attached hydrogens (primary N) is 2. The Morgan fingerprint density at radius 3 is 2.72 bits per heavy atom. The largest absolute Gasteiger partial charge is 0.492 e. The number of ether oxygens (including phenoxy) is 1. The van der Waals surface area contributed by atoms with Crippen LogP contribution in [0, 0.1) is 0 Å². The van der Waals surface area contributed by atoms with E-state index in [1.807, 2.05) is 6.07 Å². The van der Waals surface area contributed by atoms with Crippen molar-refractivity contribution in [3.8, 4) is 5.75 Å². The van der Waals surface area contributed by atoms with Crippen LogP contribution in [-0.2, 0) is 5.41 Å². The zero-order valence-electron chi connectivity index (χ0n) is 21.9. The molecular formula is C25H35N9O5. The molecule has 1 aromatic carbocycles. The second kappa shape index (κ2) is 8.61. The minimum Gasteiger partial charge on any atom is -0.492 e. The summed E-state index contributed by atoms with van der Waals surface area (Å²) in [6.45, 7) is 4.61. The van der Waals surface area contributed by atoms with Crippen molar-refractivity contribution in [1.29, 1.82) is 0 Å². The molecule has 4 heterocycles. The fourth-order valence-electron chi connectivity index (χ4n) is 6.10. The number of nitrogens with one attached hydrogen (secondary N) is 4. The lowest BCUT2D eigenvalue weighted by atomic mass is 9.79. The molecule has 1 aliphatic carbocycles. The van der Waals surface area contributed by atoms with Crippen LogP contribution in [-0.4, -0.2) is 94.3 Å². The molecule has 10 N–H and O–H groups in total. The first-order chi connectivity index (χ1) is 18.4. The number of aliphatic hydroxyl groups is 2. The summed E-state index contributed by atoms with van der Waals surface area (Å²) in [5.41, 5.74) is 11.7. The molecule has 1 spiro atoms. The summed E-state index contributed by atoms with van der Waals surface area (Å²) in [7, 11) is 0. The van der Waals surface area contributed by atoms with E-state index >= 15 is 0 Å². The number of carbonyl (C=O) groups excluding carboxylic acids is 2. The molecule has 0 bridgehead atoms. The van der Waals surface area contributed by atoms with Crippen molar-refractivity contribution in [3.05, 3.63) is 29.3 Å². The summed E-state index contributed by atoms with van der Waals surface area (Å²) in [4.78, 5) is 36.1. The number of urea groups is 1. The van der Waals surface area contributed by atoms with E-state index in [1.54, 1.807) is 12.1 Å². The average molecular weight is 542 g/mol. The molecule has 5 aliphatic rings. The quantitative estimate of drug-likeness (QED) is 0.193. The summed E-state index contributed by atoms with van der Waals surface area (Å²) in [5.74, 6) is -2.64. The van der Waals surface area contributed by atoms with Gasteiger partial charge in [-0.3, -0.25) is 4.79 Å². The zero-order valence-corrected chi connectivity index (χ0v) is 21.9. The zero-order chi connectivity index (χ0) is 27.7. The van der Waals surface area contributed by atoms with Crippen molar-refractivity contribution >= 4 is 23.9 Å². The first-order valence-electron chi connectivity index (χ1n) is 13.2. The van der Waals surface area contributed by atoms with Crippen molar-refractivity contribution in [3.63, 3.8) is 0 Å². The van der Waals surface area contributed by atoms with Gasteiger partial charge in [0.1, 0.15) is 17.8 Å². The lowest BCUT2D eigenvalue weighted by molar-refractivity contribution is -0.230. The fourth-order valence-corrected chi connectivity index (χ4v) is 6.10. The molecule has 0 radical (unpaired) electrons. The van der Waals surface area contributed by atoms with Gasteiger partial charge in [0.2, 0.25) is 5.79 Å². The third-order valence-corrected chi connectivity index (χ3v) is 8.45. The molecule has 4 atom stereocenters. The van der Waals surface area contributed by atoms with Gasteiger partial charge < -0.3 is 52.6 Å². The first kappa shape index (κ1) is 25.5. The van der Waals surface area contributed by atoms with Crippen LogP contribution < -0.4 is 37.5 Å². The van der Waals surface area contributed by atoms with Crippen LogP contribution in [0.1, 0.15) is 49.0 Å². The normalized spacial score (nSPS) is 31.4. The molecule has 39 heavy (non-hydrogen) atoms. The summed E-state index contributed by atoms with van der Waals surface area (Å²) >= 11 is 0. The molecule has 1 aromatic rings. The Bertz CT molecular complexity index is 1280. The molecule has 1 saturated heterocycles. The van der Waals surface area contributed by atoms with Crippen LogP contribution in [0.25, 0.3) is 0 Å². The van der Waals surface area contributed by atoms with Gasteiger partial charge in [0.05, 0.1) is 18.2 Å². The van der Waals surface area contributed by atoms with Crippen LogP contribution in [0.3, 0.4) is 0 Å². The van der Waals surface area contributed by atoms with Gasteiger partial charge in [-0.15, -0.1) is 0 Å². The number of benzene rings is 1. The maximum absolute atomic E-state index is 13.5. The molecule has 6 rings (SSSR count). The second-order valence-electron chi connectivity index (χ2n) is 11.6. The monoisotopic (exact) mass is 541 g/mol. The third kappa shape index (κ3) is 3.92. The standard InChI is InChI=1S/C25H35N9O5/c1-23(2)8-9-39-17-13(4-3-5-14(17)23)19(35)31-16-11-34-21(27)30-15(10-28-22(36)29-12-6-7-12)18-24(34,25(16,37)38)33-20(26)32-18/h3-5,12,15-16,18,37-38H,6-11H2,1-2H3,(H2,27,30)(H,31,35)(H3,26,32,33)(H2,28,29,36)/t15-,16?,18?,24+/m0/s1. The lowest BCUT2D eigenvalue weighted by Gasteiger charge is -2.49. The summed E-state index contributed by atoms with van der Waals surface area (Å²) < 4.78 is 5.89. The fraction of sp³-hybridized carbons (Fsp3) is 0.600. The van der Waals surface area contributed by atoms with Crippen LogP contribution >= 0.6 is 0 Å². The van der Waals surface area contributed by atoms with Crippen molar-refractivity contribution in [2.24, 2.45) is 21.5 Å². The highest BCUT2D eigenvalue weighted by Crippen LogP contribution is 2.45. The summed E-state index contributed by atoms with van der Waals surface area (Å²) in [6.07, 6.45) is 2.69. The van der Waals surface area contributed by atoms with E-state index in [2.05, 4.69) is 45.1 Å². The number of fused-ring (bicyclic) bond motifs is 1. The molecule has 14 heteroatoms. The maximum Gasteiger partial charge on any atom is 0.315 e. The van der Waals surface area contributed by atoms with Gasteiger partial charge >= 0.3 is 6.03 Å². The molecule has 2 unspecified atom stereocenters. The van der Waals surface area contributed by atoms with Crippen LogP contribution in [0.4, 0.5) is 4.79 Å². The van der Waals surface area contributed by atoms with Gasteiger partial charge in [0, 0.05) is 24.7 Å². The Labute approximate surface area is 225 Å².